The predicted molar refractivity (Wildman–Crippen MR) is 106 cm³/mol. The molecule has 0 saturated carbocycles. The monoisotopic (exact) mass is 473 g/mol. The minimum absolute atomic E-state index is 0.00332. The fourth-order valence-electron chi connectivity index (χ4n) is 2.64. The van der Waals surface area contributed by atoms with Crippen LogP contribution in [0.3, 0.4) is 0 Å². The van der Waals surface area contributed by atoms with Gasteiger partial charge < -0.3 is 10.1 Å². The van der Waals surface area contributed by atoms with Gasteiger partial charge in [-0.15, -0.1) is 0 Å². The molecule has 11 heteroatoms. The number of allylic oxidation sites excluding steroid dienone is 4. The lowest BCUT2D eigenvalue weighted by molar-refractivity contribution is -0.137. The van der Waals surface area contributed by atoms with Crippen LogP contribution in [0.25, 0.3) is 0 Å². The fraction of sp³-hybridized carbons (Fsp3) is 0.100. The number of carbonyl (C=O) groups excluding carboxylic acids is 1. The van der Waals surface area contributed by atoms with Crippen molar-refractivity contribution in [3.63, 3.8) is 0 Å². The molecule has 31 heavy (non-hydrogen) atoms. The first kappa shape index (κ1) is 22.6. The van der Waals surface area contributed by atoms with Crippen LogP contribution in [0.4, 0.5) is 17.6 Å². The summed E-state index contributed by atoms with van der Waals surface area (Å²) in [5, 5.41) is 2.24. The molecule has 5 nitrogen and oxygen atoms in total. The number of halogens is 5. The first-order valence-corrected chi connectivity index (χ1v) is 9.97. The fourth-order valence-corrected chi connectivity index (χ4v) is 3.31. The zero-order valence-electron chi connectivity index (χ0n) is 15.3. The highest BCUT2D eigenvalue weighted by molar-refractivity contribution is 7.73. The summed E-state index contributed by atoms with van der Waals surface area (Å²) in [5.74, 6) is -1.95. The standard InChI is InChI=1S/C20H12ClF4NO4S/c21-16-9-12(22)5-7-18(16)30-17-6-4-11(20(23,24)25)8-15(17)19(27)26-13-2-1-3-14(10-13)31(28)29/h1-9H,10H2,(H,26,27). The maximum atomic E-state index is 13.2. The molecule has 0 aromatic heterocycles. The van der Waals surface area contributed by atoms with E-state index in [0.717, 1.165) is 30.3 Å². The second-order valence-corrected chi connectivity index (χ2v) is 7.67. The molecule has 1 amide bonds. The molecule has 3 rings (SSSR count). The smallest absolute Gasteiger partial charge is 0.416 e. The summed E-state index contributed by atoms with van der Waals surface area (Å²) < 4.78 is 80.4. The van der Waals surface area contributed by atoms with E-state index in [1.807, 2.05) is 0 Å². The molecule has 162 valence electrons. The van der Waals surface area contributed by atoms with Gasteiger partial charge in [-0.05, 0) is 48.6 Å². The van der Waals surface area contributed by atoms with E-state index in [-0.39, 0.29) is 33.5 Å². The Balaban J connectivity index is 1.97. The molecular weight excluding hydrogens is 462 g/mol. The number of alkyl halides is 3. The van der Waals surface area contributed by atoms with Crippen molar-refractivity contribution in [1.82, 2.24) is 5.32 Å². The predicted octanol–water partition coefficient (Wildman–Crippen LogP) is 4.92. The van der Waals surface area contributed by atoms with Gasteiger partial charge in [-0.1, -0.05) is 17.7 Å². The van der Waals surface area contributed by atoms with Crippen LogP contribution >= 0.6 is 11.6 Å². The molecule has 0 fully saturated rings. The summed E-state index contributed by atoms with van der Waals surface area (Å²) in [5.41, 5.74) is -1.41. The van der Waals surface area contributed by atoms with Crippen molar-refractivity contribution < 1.29 is 35.5 Å². The molecule has 0 bridgehead atoms. The normalized spacial score (nSPS) is 13.6. The van der Waals surface area contributed by atoms with E-state index in [0.29, 0.717) is 6.07 Å². The van der Waals surface area contributed by atoms with E-state index >= 15 is 0 Å². The van der Waals surface area contributed by atoms with Gasteiger partial charge in [0.05, 0.1) is 21.0 Å². The van der Waals surface area contributed by atoms with E-state index in [4.69, 9.17) is 16.3 Å². The van der Waals surface area contributed by atoms with Gasteiger partial charge >= 0.3 is 6.18 Å². The maximum absolute atomic E-state index is 13.2. The number of rotatable bonds is 4. The molecule has 0 atom stereocenters. The van der Waals surface area contributed by atoms with Crippen LogP contribution in [-0.4, -0.2) is 19.2 Å². The van der Waals surface area contributed by atoms with Gasteiger partial charge in [0.1, 0.15) is 17.3 Å². The summed E-state index contributed by atoms with van der Waals surface area (Å²) in [6.45, 7) is 0. The quantitative estimate of drug-likeness (QED) is 0.505. The van der Waals surface area contributed by atoms with Gasteiger partial charge in [0.25, 0.3) is 5.91 Å². The van der Waals surface area contributed by atoms with Crippen LogP contribution in [0.2, 0.25) is 5.02 Å². The molecule has 0 radical (unpaired) electrons. The Kier molecular flexibility index (Phi) is 6.51. The molecule has 1 aliphatic carbocycles. The topological polar surface area (TPSA) is 72.5 Å². The van der Waals surface area contributed by atoms with Crippen molar-refractivity contribution in [3.05, 3.63) is 82.3 Å². The van der Waals surface area contributed by atoms with Crippen molar-refractivity contribution in [1.29, 1.82) is 0 Å². The number of nitrogens with one attached hydrogen (secondary N) is 1. The maximum Gasteiger partial charge on any atom is 0.416 e. The molecule has 1 aliphatic rings. The van der Waals surface area contributed by atoms with Crippen LogP contribution in [0, 0.1) is 5.82 Å². The number of amides is 1. The number of benzene rings is 2. The lowest BCUT2D eigenvalue weighted by Crippen LogP contribution is -2.26. The van der Waals surface area contributed by atoms with Crippen molar-refractivity contribution in [2.75, 3.05) is 0 Å². The lowest BCUT2D eigenvalue weighted by atomic mass is 10.1. The van der Waals surface area contributed by atoms with Crippen LogP contribution < -0.4 is 10.1 Å². The molecule has 2 aromatic rings. The molecule has 0 spiro atoms. The second-order valence-electron chi connectivity index (χ2n) is 6.27. The molecule has 2 aromatic carbocycles. The average molecular weight is 474 g/mol. The van der Waals surface area contributed by atoms with Crippen LogP contribution in [0.1, 0.15) is 22.3 Å². The molecular formula is C20H12ClF4NO4S. The third-order valence-corrected chi connectivity index (χ3v) is 5.10. The first-order valence-electron chi connectivity index (χ1n) is 8.52. The van der Waals surface area contributed by atoms with E-state index in [2.05, 4.69) is 5.32 Å². The first-order chi connectivity index (χ1) is 14.5. The summed E-state index contributed by atoms with van der Waals surface area (Å²) in [6.07, 6.45) is -0.745. The number of hydrogen-bond donors (Lipinski definition) is 1. The number of hydrogen-bond acceptors (Lipinski definition) is 4. The molecule has 0 heterocycles. The minimum atomic E-state index is -4.73. The molecule has 0 saturated heterocycles. The largest absolute Gasteiger partial charge is 0.455 e. The summed E-state index contributed by atoms with van der Waals surface area (Å²) in [4.78, 5) is 12.7. The van der Waals surface area contributed by atoms with E-state index < -0.39 is 39.3 Å². The molecule has 0 aliphatic heterocycles. The zero-order chi connectivity index (χ0) is 22.8. The second kappa shape index (κ2) is 8.94. The summed E-state index contributed by atoms with van der Waals surface area (Å²) >= 11 is 5.89. The Labute approximate surface area is 180 Å². The van der Waals surface area contributed by atoms with Gasteiger partial charge in [0.15, 0.2) is 0 Å². The molecule has 1 N–H and O–H groups in total. The van der Waals surface area contributed by atoms with Crippen LogP contribution in [0.5, 0.6) is 11.5 Å². The average Bonchev–Trinajstić information content (AvgIpc) is 2.69. The number of ether oxygens (including phenoxy) is 1. The highest BCUT2D eigenvalue weighted by atomic mass is 35.5. The lowest BCUT2D eigenvalue weighted by Gasteiger charge is -2.16. The van der Waals surface area contributed by atoms with Crippen LogP contribution in [0.15, 0.2) is 60.3 Å². The van der Waals surface area contributed by atoms with E-state index in [1.165, 1.54) is 18.2 Å². The summed E-state index contributed by atoms with van der Waals surface area (Å²) in [7, 11) is -2.51. The Morgan fingerprint density at radius 1 is 1.10 bits per heavy atom. The molecule has 0 unspecified atom stereocenters. The van der Waals surface area contributed by atoms with Gasteiger partial charge in [0.2, 0.25) is 10.3 Å². The highest BCUT2D eigenvalue weighted by Gasteiger charge is 2.32. The third-order valence-electron chi connectivity index (χ3n) is 4.10. The SMILES string of the molecule is O=C(NC1=CC=CC(=S(=O)=O)C1)c1cc(C(F)(F)F)ccc1Oc1ccc(F)cc1Cl. The van der Waals surface area contributed by atoms with Crippen LogP contribution in [-0.2, 0) is 16.5 Å². The van der Waals surface area contributed by atoms with Gasteiger partial charge in [0, 0.05) is 12.1 Å². The van der Waals surface area contributed by atoms with Gasteiger partial charge in [-0.25, -0.2) is 4.39 Å². The van der Waals surface area contributed by atoms with Gasteiger partial charge in [-0.2, -0.15) is 21.6 Å². The van der Waals surface area contributed by atoms with Crippen molar-refractivity contribution >= 4 is 32.7 Å². The minimum Gasteiger partial charge on any atom is -0.455 e. The van der Waals surface area contributed by atoms with E-state index in [9.17, 15) is 30.8 Å². The van der Waals surface area contributed by atoms with Crippen molar-refractivity contribution in [3.8, 4) is 11.5 Å². The number of carbonyl (C=O) groups is 1. The van der Waals surface area contributed by atoms with E-state index in [1.54, 1.807) is 0 Å². The Morgan fingerprint density at radius 2 is 1.81 bits per heavy atom. The van der Waals surface area contributed by atoms with Crippen molar-refractivity contribution in [2.24, 2.45) is 0 Å². The Hall–Kier alpha value is -3.11. The van der Waals surface area contributed by atoms with Crippen molar-refractivity contribution in [2.45, 2.75) is 12.6 Å². The zero-order valence-corrected chi connectivity index (χ0v) is 16.9. The highest BCUT2D eigenvalue weighted by Crippen LogP contribution is 2.36. The summed E-state index contributed by atoms with van der Waals surface area (Å²) in [6, 6.07) is 5.40. The Bertz CT molecular complexity index is 1240. The third kappa shape index (κ3) is 5.53. The van der Waals surface area contributed by atoms with Gasteiger partial charge in [-0.3, -0.25) is 4.79 Å². The Morgan fingerprint density at radius 3 is 2.45 bits per heavy atom.